The third-order valence-corrected chi connectivity index (χ3v) is 8.20. The smallest absolute Gasteiger partial charge is 0.347 e. The fraction of sp³-hybridized carbons (Fsp3) is 0.440. The molecule has 1 aliphatic heterocycles. The van der Waals surface area contributed by atoms with Gasteiger partial charge in [0.25, 0.3) is 0 Å². The van der Waals surface area contributed by atoms with E-state index in [1.807, 2.05) is 19.1 Å². The molecule has 1 N–H and O–H groups in total. The third-order valence-electron chi connectivity index (χ3n) is 8.20. The number of aryl methyl sites for hydroxylation is 1. The van der Waals surface area contributed by atoms with Gasteiger partial charge in [-0.3, -0.25) is 9.59 Å². The first kappa shape index (κ1) is 21.4. The summed E-state index contributed by atoms with van der Waals surface area (Å²) >= 11 is 0. The van der Waals surface area contributed by atoms with Gasteiger partial charge in [-0.2, -0.15) is 0 Å². The van der Waals surface area contributed by atoms with Crippen molar-refractivity contribution < 1.29 is 14.7 Å². The lowest BCUT2D eigenvalue weighted by molar-refractivity contribution is -0.140. The monoisotopic (exact) mass is 449 g/mol. The van der Waals surface area contributed by atoms with Crippen LogP contribution in [-0.4, -0.2) is 30.6 Å². The number of rotatable bonds is 1. The Kier molecular flexibility index (Phi) is 4.41. The predicted molar refractivity (Wildman–Crippen MR) is 121 cm³/mol. The van der Waals surface area contributed by atoms with Gasteiger partial charge < -0.3 is 5.11 Å². The number of ketones is 2. The standard InChI is InChI=1S/C25H27N3O5/c1-12-7-6-8-16(20(12)29)19-15-9-10-27-23(32)26(5)24(33)28(27)18(15)11-17-21(30)13(2)14(3)22(31)25(17,19)4/h6-9,17-19,29H,10-11H2,1-5H3/t17-,18+,19+,25+/m0/s1. The lowest BCUT2D eigenvalue weighted by Gasteiger charge is -2.53. The zero-order chi connectivity index (χ0) is 24.0. The highest BCUT2D eigenvalue weighted by Crippen LogP contribution is 2.61. The van der Waals surface area contributed by atoms with Gasteiger partial charge in [0.2, 0.25) is 0 Å². The van der Waals surface area contributed by atoms with E-state index >= 15 is 0 Å². The lowest BCUT2D eigenvalue weighted by Crippen LogP contribution is -2.55. The van der Waals surface area contributed by atoms with E-state index < -0.39 is 34.7 Å². The Hall–Kier alpha value is -3.42. The van der Waals surface area contributed by atoms with Crippen molar-refractivity contribution in [2.75, 3.05) is 0 Å². The Balaban J connectivity index is 1.84. The van der Waals surface area contributed by atoms with Crippen molar-refractivity contribution in [3.05, 3.63) is 73.1 Å². The van der Waals surface area contributed by atoms with E-state index in [9.17, 15) is 24.3 Å². The van der Waals surface area contributed by atoms with E-state index in [0.717, 1.165) is 10.1 Å². The molecule has 8 nitrogen and oxygen atoms in total. The molecule has 0 bridgehead atoms. The van der Waals surface area contributed by atoms with Gasteiger partial charge in [0.05, 0.1) is 18.0 Å². The Bertz CT molecular complexity index is 1430. The summed E-state index contributed by atoms with van der Waals surface area (Å²) in [5.41, 5.74) is 0.909. The maximum atomic E-state index is 13.8. The molecule has 4 atom stereocenters. The molecule has 172 valence electrons. The van der Waals surface area contributed by atoms with Crippen LogP contribution in [0.3, 0.4) is 0 Å². The van der Waals surface area contributed by atoms with E-state index in [1.165, 1.54) is 16.4 Å². The molecular formula is C25H27N3O5. The van der Waals surface area contributed by atoms with Crippen molar-refractivity contribution in [3.8, 4) is 5.75 Å². The fourth-order valence-corrected chi connectivity index (χ4v) is 6.21. The number of aromatic nitrogens is 3. The molecule has 2 heterocycles. The molecule has 33 heavy (non-hydrogen) atoms. The van der Waals surface area contributed by atoms with Crippen LogP contribution in [0.1, 0.15) is 50.3 Å². The molecule has 0 saturated heterocycles. The van der Waals surface area contributed by atoms with Crippen LogP contribution in [0.15, 0.2) is 50.6 Å². The molecule has 1 aromatic carbocycles. The molecule has 3 aliphatic rings. The number of Topliss-reactive ketones (excluding diaryl/α,β-unsaturated/α-hetero) is 2. The number of phenols is 1. The first-order chi connectivity index (χ1) is 15.5. The largest absolute Gasteiger partial charge is 0.507 e. The Morgan fingerprint density at radius 1 is 1.03 bits per heavy atom. The van der Waals surface area contributed by atoms with E-state index in [1.54, 1.807) is 32.9 Å². The highest BCUT2D eigenvalue weighted by atomic mass is 16.3. The summed E-state index contributed by atoms with van der Waals surface area (Å²) in [4.78, 5) is 53.0. The molecular weight excluding hydrogens is 422 g/mol. The van der Waals surface area contributed by atoms with Gasteiger partial charge in [0.1, 0.15) is 5.75 Å². The van der Waals surface area contributed by atoms with Gasteiger partial charge in [0, 0.05) is 24.4 Å². The number of hydrogen-bond acceptors (Lipinski definition) is 5. The maximum Gasteiger partial charge on any atom is 0.347 e. The van der Waals surface area contributed by atoms with Crippen LogP contribution in [0, 0.1) is 18.3 Å². The Morgan fingerprint density at radius 2 is 1.73 bits per heavy atom. The van der Waals surface area contributed by atoms with Gasteiger partial charge in [-0.1, -0.05) is 31.2 Å². The summed E-state index contributed by atoms with van der Waals surface area (Å²) in [5.74, 6) is -1.45. The average Bonchev–Trinajstić information content (AvgIpc) is 3.02. The minimum atomic E-state index is -1.12. The number of para-hydroxylation sites is 1. The van der Waals surface area contributed by atoms with E-state index in [0.29, 0.717) is 22.3 Å². The molecule has 1 fully saturated rings. The number of nitrogens with zero attached hydrogens (tertiary/aromatic N) is 3. The Morgan fingerprint density at radius 3 is 2.42 bits per heavy atom. The van der Waals surface area contributed by atoms with Crippen LogP contribution in [0.5, 0.6) is 5.75 Å². The van der Waals surface area contributed by atoms with Crippen molar-refractivity contribution in [1.82, 2.24) is 13.9 Å². The molecule has 2 aliphatic carbocycles. The molecule has 0 amide bonds. The van der Waals surface area contributed by atoms with Gasteiger partial charge in [-0.25, -0.2) is 23.5 Å². The van der Waals surface area contributed by atoms with E-state index in [-0.39, 0.29) is 30.3 Å². The highest BCUT2D eigenvalue weighted by molar-refractivity contribution is 6.15. The fourth-order valence-electron chi connectivity index (χ4n) is 6.21. The van der Waals surface area contributed by atoms with Crippen molar-refractivity contribution in [2.45, 2.75) is 52.6 Å². The first-order valence-electron chi connectivity index (χ1n) is 11.1. The first-order valence-corrected chi connectivity index (χ1v) is 11.1. The summed E-state index contributed by atoms with van der Waals surface area (Å²) in [6, 6.07) is 4.83. The summed E-state index contributed by atoms with van der Waals surface area (Å²) in [6.45, 7) is 7.14. The van der Waals surface area contributed by atoms with Crippen LogP contribution >= 0.6 is 0 Å². The topological polar surface area (TPSA) is 103 Å². The molecule has 2 aromatic rings. The predicted octanol–water partition coefficient (Wildman–Crippen LogP) is 2.14. The molecule has 5 rings (SSSR count). The maximum absolute atomic E-state index is 13.8. The van der Waals surface area contributed by atoms with E-state index in [2.05, 4.69) is 0 Å². The van der Waals surface area contributed by atoms with Crippen LogP contribution in [0.25, 0.3) is 0 Å². The van der Waals surface area contributed by atoms with Crippen molar-refractivity contribution in [3.63, 3.8) is 0 Å². The molecule has 8 heteroatoms. The minimum Gasteiger partial charge on any atom is -0.507 e. The molecule has 0 unspecified atom stereocenters. The van der Waals surface area contributed by atoms with Crippen LogP contribution < -0.4 is 11.4 Å². The number of benzene rings is 1. The summed E-state index contributed by atoms with van der Waals surface area (Å²) in [5, 5.41) is 11.0. The van der Waals surface area contributed by atoms with Gasteiger partial charge in [0.15, 0.2) is 11.6 Å². The lowest BCUT2D eigenvalue weighted by atomic mass is 9.50. The normalized spacial score (nSPS) is 28.9. The second-order valence-corrected chi connectivity index (χ2v) is 9.73. The number of carbonyl (C=O) groups excluding carboxylic acids is 2. The van der Waals surface area contributed by atoms with Crippen LogP contribution in [0.2, 0.25) is 0 Å². The second-order valence-electron chi connectivity index (χ2n) is 9.73. The second kappa shape index (κ2) is 6.79. The number of aromatic hydroxyl groups is 1. The molecule has 0 spiro atoms. The number of allylic oxidation sites excluding steroid dienone is 4. The van der Waals surface area contributed by atoms with Crippen molar-refractivity contribution >= 4 is 11.6 Å². The highest BCUT2D eigenvalue weighted by Gasteiger charge is 2.60. The zero-order valence-electron chi connectivity index (χ0n) is 19.4. The van der Waals surface area contributed by atoms with Crippen LogP contribution in [-0.2, 0) is 23.2 Å². The SMILES string of the molecule is CC1=C(C)C(=O)[C@@]2(C)[C@@H](c3cccc(C)c3O)C3=CCn4c(=O)n(C)c(=O)n4[C@@H]3C[C@H]2C1=O. The van der Waals surface area contributed by atoms with Gasteiger partial charge >= 0.3 is 11.4 Å². The van der Waals surface area contributed by atoms with Crippen LogP contribution in [0.4, 0.5) is 0 Å². The number of carbonyl (C=O) groups is 2. The third kappa shape index (κ3) is 2.52. The molecule has 1 aromatic heterocycles. The summed E-state index contributed by atoms with van der Waals surface area (Å²) in [6.07, 6.45) is 2.13. The number of phenolic OH excluding ortho intramolecular Hbond substituents is 1. The molecule has 0 radical (unpaired) electrons. The zero-order valence-corrected chi connectivity index (χ0v) is 19.4. The van der Waals surface area contributed by atoms with Crippen molar-refractivity contribution in [2.24, 2.45) is 18.4 Å². The van der Waals surface area contributed by atoms with Gasteiger partial charge in [-0.15, -0.1) is 0 Å². The van der Waals surface area contributed by atoms with Gasteiger partial charge in [-0.05, 0) is 49.5 Å². The number of hydrogen-bond donors (Lipinski definition) is 1. The minimum absolute atomic E-state index is 0.0802. The average molecular weight is 450 g/mol. The summed E-state index contributed by atoms with van der Waals surface area (Å²) in [7, 11) is 1.44. The molecule has 1 saturated carbocycles. The Labute approximate surface area is 190 Å². The summed E-state index contributed by atoms with van der Waals surface area (Å²) < 4.78 is 3.87. The quantitative estimate of drug-likeness (QED) is 0.672. The van der Waals surface area contributed by atoms with Crippen molar-refractivity contribution in [1.29, 1.82) is 0 Å². The van der Waals surface area contributed by atoms with E-state index in [4.69, 9.17) is 0 Å². The number of fused-ring (bicyclic) bond motifs is 4.